The fraction of sp³-hybridized carbons (Fsp3) is 0.467. The molecule has 114 valence electrons. The van der Waals surface area contributed by atoms with Gasteiger partial charge in [0, 0.05) is 37.5 Å². The van der Waals surface area contributed by atoms with Gasteiger partial charge in [0.15, 0.2) is 0 Å². The normalized spacial score (nSPS) is 10.0. The van der Waals surface area contributed by atoms with Crippen LogP contribution in [0.4, 0.5) is 5.69 Å². The van der Waals surface area contributed by atoms with Crippen molar-refractivity contribution in [2.75, 3.05) is 38.7 Å². The van der Waals surface area contributed by atoms with Gasteiger partial charge in [0.25, 0.3) is 5.91 Å². The molecule has 0 saturated heterocycles. The highest BCUT2D eigenvalue weighted by molar-refractivity contribution is 6.31. The van der Waals surface area contributed by atoms with Gasteiger partial charge in [0.1, 0.15) is 0 Å². The van der Waals surface area contributed by atoms with Crippen LogP contribution in [0.2, 0.25) is 5.02 Å². The first-order valence-electron chi connectivity index (χ1n) is 6.82. The molecule has 0 radical (unpaired) electrons. The van der Waals surface area contributed by atoms with Crippen molar-refractivity contribution in [1.29, 1.82) is 5.26 Å². The fourth-order valence-electron chi connectivity index (χ4n) is 1.91. The Morgan fingerprint density at radius 2 is 2.24 bits per heavy atom. The first-order valence-corrected chi connectivity index (χ1v) is 7.20. The topological polar surface area (TPSA) is 65.4 Å². The van der Waals surface area contributed by atoms with Gasteiger partial charge >= 0.3 is 0 Å². The van der Waals surface area contributed by atoms with Crippen molar-refractivity contribution in [3.63, 3.8) is 0 Å². The Labute approximate surface area is 130 Å². The Bertz CT molecular complexity index is 514. The zero-order valence-corrected chi connectivity index (χ0v) is 13.1. The quantitative estimate of drug-likeness (QED) is 0.802. The van der Waals surface area contributed by atoms with E-state index < -0.39 is 0 Å². The smallest absolute Gasteiger partial charge is 0.256 e. The molecule has 0 aromatic heterocycles. The molecule has 0 aliphatic rings. The summed E-state index contributed by atoms with van der Waals surface area (Å²) in [5.74, 6) is -0.152. The number of benzene rings is 1. The van der Waals surface area contributed by atoms with E-state index in [0.29, 0.717) is 36.8 Å². The fourth-order valence-corrected chi connectivity index (χ4v) is 2.08. The second kappa shape index (κ2) is 9.22. The number of nitrogens with one attached hydrogen (secondary N) is 1. The zero-order valence-electron chi connectivity index (χ0n) is 12.4. The molecule has 1 aromatic carbocycles. The highest BCUT2D eigenvalue weighted by Gasteiger charge is 2.19. The summed E-state index contributed by atoms with van der Waals surface area (Å²) in [6.07, 6.45) is 0.284. The van der Waals surface area contributed by atoms with E-state index >= 15 is 0 Å². The van der Waals surface area contributed by atoms with Crippen LogP contribution in [-0.4, -0.2) is 44.2 Å². The lowest BCUT2D eigenvalue weighted by atomic mass is 10.1. The van der Waals surface area contributed by atoms with Crippen LogP contribution in [0.3, 0.4) is 0 Å². The number of amides is 1. The van der Waals surface area contributed by atoms with Crippen molar-refractivity contribution < 1.29 is 9.53 Å². The van der Waals surface area contributed by atoms with Crippen molar-refractivity contribution in [2.24, 2.45) is 0 Å². The number of halogens is 1. The van der Waals surface area contributed by atoms with Crippen molar-refractivity contribution >= 4 is 23.2 Å². The number of rotatable bonds is 8. The maximum Gasteiger partial charge on any atom is 0.256 e. The van der Waals surface area contributed by atoms with Gasteiger partial charge in [-0.2, -0.15) is 5.26 Å². The summed E-state index contributed by atoms with van der Waals surface area (Å²) in [6, 6.07) is 7.23. The molecular weight excluding hydrogens is 290 g/mol. The minimum Gasteiger partial charge on any atom is -0.385 e. The van der Waals surface area contributed by atoms with E-state index in [-0.39, 0.29) is 12.3 Å². The Morgan fingerprint density at radius 3 is 2.86 bits per heavy atom. The SMILES string of the molecule is CCNc1ccc(Cl)cc1C(=O)N(CCC#N)CCOC. The predicted molar refractivity (Wildman–Crippen MR) is 83.6 cm³/mol. The molecular formula is C15H20ClN3O2. The second-order valence-electron chi connectivity index (χ2n) is 4.41. The molecule has 0 unspecified atom stereocenters. The number of carbonyl (C=O) groups excluding carboxylic acids is 1. The number of methoxy groups -OCH3 is 1. The minimum absolute atomic E-state index is 0.152. The van der Waals surface area contributed by atoms with Gasteiger partial charge in [0.05, 0.1) is 24.7 Å². The molecule has 6 heteroatoms. The number of nitriles is 1. The molecule has 5 nitrogen and oxygen atoms in total. The first kappa shape index (κ1) is 17.3. The van der Waals surface area contributed by atoms with Crippen molar-refractivity contribution in [2.45, 2.75) is 13.3 Å². The van der Waals surface area contributed by atoms with Crippen molar-refractivity contribution in [1.82, 2.24) is 4.90 Å². The average Bonchev–Trinajstić information content (AvgIpc) is 2.49. The molecule has 0 aliphatic heterocycles. The number of ether oxygens (including phenoxy) is 1. The molecule has 0 bridgehead atoms. The Morgan fingerprint density at radius 1 is 1.48 bits per heavy atom. The van der Waals surface area contributed by atoms with Gasteiger partial charge in [-0.05, 0) is 25.1 Å². The van der Waals surface area contributed by atoms with Gasteiger partial charge in [0.2, 0.25) is 0 Å². The molecule has 0 atom stereocenters. The maximum atomic E-state index is 12.7. The molecule has 1 N–H and O–H groups in total. The summed E-state index contributed by atoms with van der Waals surface area (Å²) in [5, 5.41) is 12.4. The van der Waals surface area contributed by atoms with Crippen LogP contribution in [0, 0.1) is 11.3 Å². The Kier molecular flexibility index (Phi) is 7.59. The third-order valence-corrected chi connectivity index (χ3v) is 3.16. The highest BCUT2D eigenvalue weighted by Crippen LogP contribution is 2.22. The van der Waals surface area contributed by atoms with Crippen LogP contribution in [-0.2, 0) is 4.74 Å². The second-order valence-corrected chi connectivity index (χ2v) is 4.85. The molecule has 1 amide bonds. The zero-order chi connectivity index (χ0) is 15.7. The van der Waals surface area contributed by atoms with E-state index in [0.717, 1.165) is 5.69 Å². The van der Waals surface area contributed by atoms with E-state index in [1.165, 1.54) is 0 Å². The van der Waals surface area contributed by atoms with Crippen molar-refractivity contribution in [3.05, 3.63) is 28.8 Å². The van der Waals surface area contributed by atoms with E-state index in [1.807, 2.05) is 6.92 Å². The molecule has 1 aromatic rings. The lowest BCUT2D eigenvalue weighted by Crippen LogP contribution is -2.35. The molecule has 0 aliphatic carbocycles. The standard InChI is InChI=1S/C15H20ClN3O2/c1-3-18-14-6-5-12(16)11-13(14)15(20)19(8-4-7-17)9-10-21-2/h5-6,11,18H,3-4,8-10H2,1-2H3. The van der Waals surface area contributed by atoms with Crippen LogP contribution in [0.25, 0.3) is 0 Å². The Hall–Kier alpha value is -1.77. The van der Waals surface area contributed by atoms with Gasteiger partial charge < -0.3 is 15.0 Å². The van der Waals surface area contributed by atoms with Crippen LogP contribution in [0.15, 0.2) is 18.2 Å². The summed E-state index contributed by atoms with van der Waals surface area (Å²) >= 11 is 6.00. The first-order chi connectivity index (χ1) is 10.1. The Balaban J connectivity index is 3.00. The van der Waals surface area contributed by atoms with Gasteiger partial charge in [-0.25, -0.2) is 0 Å². The number of hydrogen-bond acceptors (Lipinski definition) is 4. The molecule has 0 saturated carbocycles. The van der Waals surface area contributed by atoms with Gasteiger partial charge in [-0.3, -0.25) is 4.79 Å². The van der Waals surface area contributed by atoms with E-state index in [2.05, 4.69) is 11.4 Å². The monoisotopic (exact) mass is 309 g/mol. The van der Waals surface area contributed by atoms with E-state index in [1.54, 1.807) is 30.2 Å². The average molecular weight is 310 g/mol. The highest BCUT2D eigenvalue weighted by atomic mass is 35.5. The largest absolute Gasteiger partial charge is 0.385 e. The molecule has 1 rings (SSSR count). The minimum atomic E-state index is -0.152. The summed E-state index contributed by atoms with van der Waals surface area (Å²) in [5.41, 5.74) is 1.25. The number of hydrogen-bond donors (Lipinski definition) is 1. The third kappa shape index (κ3) is 5.25. The molecule has 0 fully saturated rings. The predicted octanol–water partition coefficient (Wildman–Crippen LogP) is 2.77. The van der Waals surface area contributed by atoms with E-state index in [4.69, 9.17) is 21.6 Å². The molecule has 21 heavy (non-hydrogen) atoms. The molecule has 0 spiro atoms. The summed E-state index contributed by atoms with van der Waals surface area (Å²) in [6.45, 7) is 3.90. The molecule has 0 heterocycles. The maximum absolute atomic E-state index is 12.7. The van der Waals surface area contributed by atoms with Gasteiger partial charge in [-0.15, -0.1) is 0 Å². The summed E-state index contributed by atoms with van der Waals surface area (Å²) < 4.78 is 5.02. The van der Waals surface area contributed by atoms with Crippen LogP contribution < -0.4 is 5.32 Å². The van der Waals surface area contributed by atoms with Crippen molar-refractivity contribution in [3.8, 4) is 6.07 Å². The number of carbonyl (C=O) groups is 1. The van der Waals surface area contributed by atoms with Gasteiger partial charge in [-0.1, -0.05) is 11.6 Å². The number of anilines is 1. The number of nitrogens with zero attached hydrogens (tertiary/aromatic N) is 2. The third-order valence-electron chi connectivity index (χ3n) is 2.93. The summed E-state index contributed by atoms with van der Waals surface area (Å²) in [7, 11) is 1.58. The van der Waals surface area contributed by atoms with Crippen LogP contribution in [0.1, 0.15) is 23.7 Å². The van der Waals surface area contributed by atoms with E-state index in [9.17, 15) is 4.79 Å². The van der Waals surface area contributed by atoms with Crippen LogP contribution in [0.5, 0.6) is 0 Å². The van der Waals surface area contributed by atoms with Crippen LogP contribution >= 0.6 is 11.6 Å². The lowest BCUT2D eigenvalue weighted by Gasteiger charge is -2.23. The lowest BCUT2D eigenvalue weighted by molar-refractivity contribution is 0.0701. The summed E-state index contributed by atoms with van der Waals surface area (Å²) in [4.78, 5) is 14.3.